The van der Waals surface area contributed by atoms with Gasteiger partial charge in [0.2, 0.25) is 0 Å². The first-order chi connectivity index (χ1) is 10.2. The van der Waals surface area contributed by atoms with Crippen LogP contribution in [0.15, 0.2) is 24.1 Å². The molecule has 1 N–H and O–H groups in total. The van der Waals surface area contributed by atoms with Crippen LogP contribution in [0, 0.1) is 0 Å². The van der Waals surface area contributed by atoms with E-state index in [1.807, 2.05) is 0 Å². The second-order valence-electron chi connectivity index (χ2n) is 5.74. The molecule has 0 saturated carbocycles. The average Bonchev–Trinajstić information content (AvgIpc) is 2.85. The lowest BCUT2D eigenvalue weighted by molar-refractivity contribution is -0.126. The van der Waals surface area contributed by atoms with E-state index in [0.29, 0.717) is 23.6 Å². The first kappa shape index (κ1) is 18.4. The Morgan fingerprint density at radius 2 is 2.14 bits per heavy atom. The maximum absolute atomic E-state index is 12.1. The number of rotatable bonds is 7. The van der Waals surface area contributed by atoms with Gasteiger partial charge in [-0.15, -0.1) is 17.9 Å². The van der Waals surface area contributed by atoms with Crippen LogP contribution in [0.2, 0.25) is 0 Å². The molecule has 1 aromatic rings. The molecule has 1 aromatic heterocycles. The van der Waals surface area contributed by atoms with E-state index in [2.05, 4.69) is 11.9 Å². The fourth-order valence-corrected chi connectivity index (χ4v) is 2.30. The topological polar surface area (TPSA) is 64.6 Å². The van der Waals surface area contributed by atoms with Gasteiger partial charge in [0.1, 0.15) is 16.7 Å². The van der Waals surface area contributed by atoms with E-state index < -0.39 is 17.7 Å². The summed E-state index contributed by atoms with van der Waals surface area (Å²) in [6, 6.07) is 1.64. The number of carbonyl (C=O) groups excluding carboxylic acids is 2. The van der Waals surface area contributed by atoms with Gasteiger partial charge in [-0.05, 0) is 45.6 Å². The van der Waals surface area contributed by atoms with Crippen LogP contribution < -0.4 is 5.32 Å². The first-order valence-corrected chi connectivity index (χ1v) is 7.96. The summed E-state index contributed by atoms with van der Waals surface area (Å²) in [5, 5.41) is 4.92. The Morgan fingerprint density at radius 1 is 1.45 bits per heavy atom. The van der Waals surface area contributed by atoms with Gasteiger partial charge in [-0.2, -0.15) is 0 Å². The van der Waals surface area contributed by atoms with Crippen LogP contribution in [0.5, 0.6) is 0 Å². The highest BCUT2D eigenvalue weighted by molar-refractivity contribution is 7.14. The van der Waals surface area contributed by atoms with Crippen LogP contribution >= 0.6 is 11.3 Å². The minimum atomic E-state index is -0.603. The number of esters is 1. The predicted molar refractivity (Wildman–Crippen MR) is 88.3 cm³/mol. The number of thiophene rings is 1. The molecule has 22 heavy (non-hydrogen) atoms. The van der Waals surface area contributed by atoms with Crippen LogP contribution in [0.1, 0.15) is 44.5 Å². The van der Waals surface area contributed by atoms with E-state index in [1.165, 1.54) is 11.3 Å². The van der Waals surface area contributed by atoms with Gasteiger partial charge in [-0.3, -0.25) is 4.79 Å². The molecule has 6 heteroatoms. The first-order valence-electron chi connectivity index (χ1n) is 7.09. The monoisotopic (exact) mass is 325 g/mol. The predicted octanol–water partition coefficient (Wildman–Crippen LogP) is 3.62. The Balaban J connectivity index is 2.67. The molecular formula is C16H23NO4S. The number of ether oxygens (including phenoxy) is 2. The Morgan fingerprint density at radius 3 is 2.73 bits per heavy atom. The zero-order valence-electron chi connectivity index (χ0n) is 13.5. The minimum absolute atomic E-state index is 0.295. The highest BCUT2D eigenvalue weighted by atomic mass is 32.1. The van der Waals surface area contributed by atoms with Gasteiger partial charge in [0.05, 0.1) is 12.2 Å². The number of amides is 1. The van der Waals surface area contributed by atoms with E-state index >= 15 is 0 Å². The van der Waals surface area contributed by atoms with E-state index in [-0.39, 0.29) is 5.91 Å². The van der Waals surface area contributed by atoms with Crippen molar-refractivity contribution in [1.82, 2.24) is 0 Å². The molecule has 0 radical (unpaired) electrons. The lowest BCUT2D eigenvalue weighted by Gasteiger charge is -2.19. The van der Waals surface area contributed by atoms with Crippen molar-refractivity contribution < 1.29 is 19.1 Å². The molecule has 0 aliphatic heterocycles. The number of carbonyl (C=O) groups is 2. The van der Waals surface area contributed by atoms with E-state index in [1.54, 1.807) is 45.2 Å². The van der Waals surface area contributed by atoms with Crippen LogP contribution in [0.4, 0.5) is 5.00 Å². The Labute approximate surface area is 135 Å². The van der Waals surface area contributed by atoms with Crippen molar-refractivity contribution in [1.29, 1.82) is 0 Å². The van der Waals surface area contributed by atoms with Gasteiger partial charge in [-0.1, -0.05) is 6.08 Å². The number of nitrogens with one attached hydrogen (secondary N) is 1. The molecule has 0 fully saturated rings. The largest absolute Gasteiger partial charge is 0.456 e. The fourth-order valence-electron chi connectivity index (χ4n) is 1.52. The summed E-state index contributed by atoms with van der Waals surface area (Å²) in [7, 11) is 0. The van der Waals surface area contributed by atoms with E-state index in [4.69, 9.17) is 9.47 Å². The van der Waals surface area contributed by atoms with Gasteiger partial charge in [0.25, 0.3) is 5.91 Å². The summed E-state index contributed by atoms with van der Waals surface area (Å²) in [5.74, 6) is -0.749. The quantitative estimate of drug-likeness (QED) is 0.472. The number of hydrogen-bond donors (Lipinski definition) is 1. The molecule has 0 saturated heterocycles. The second-order valence-corrected chi connectivity index (χ2v) is 6.66. The molecule has 0 aromatic carbocycles. The highest BCUT2D eigenvalue weighted by Gasteiger charge is 2.23. The van der Waals surface area contributed by atoms with Crippen molar-refractivity contribution in [3.05, 3.63) is 29.7 Å². The second kappa shape index (κ2) is 8.10. The third-order valence-electron chi connectivity index (χ3n) is 2.58. The van der Waals surface area contributed by atoms with Crippen LogP contribution in [0.3, 0.4) is 0 Å². The van der Waals surface area contributed by atoms with Crippen molar-refractivity contribution in [3.8, 4) is 0 Å². The van der Waals surface area contributed by atoms with Crippen molar-refractivity contribution in [2.24, 2.45) is 0 Å². The average molecular weight is 325 g/mol. The Bertz CT molecular complexity index is 530. The molecular weight excluding hydrogens is 302 g/mol. The number of hydrogen-bond acceptors (Lipinski definition) is 5. The molecule has 0 unspecified atom stereocenters. The van der Waals surface area contributed by atoms with E-state index in [0.717, 1.165) is 0 Å². The molecule has 1 amide bonds. The van der Waals surface area contributed by atoms with Gasteiger partial charge >= 0.3 is 5.97 Å². The minimum Gasteiger partial charge on any atom is -0.456 e. The maximum atomic E-state index is 12.1. The molecule has 0 bridgehead atoms. The van der Waals surface area contributed by atoms with E-state index in [9.17, 15) is 9.59 Å². The smallest absolute Gasteiger partial charge is 0.341 e. The van der Waals surface area contributed by atoms with Gasteiger partial charge < -0.3 is 14.8 Å². The summed E-state index contributed by atoms with van der Waals surface area (Å²) >= 11 is 1.27. The molecule has 0 spiro atoms. The van der Waals surface area contributed by atoms with Crippen LogP contribution in [-0.4, -0.2) is 30.2 Å². The zero-order valence-corrected chi connectivity index (χ0v) is 14.3. The SMILES string of the molecule is C=CCCO[C@H](C)C(=O)Nc1sccc1C(=O)OC(C)(C)C. The zero-order chi connectivity index (χ0) is 16.8. The summed E-state index contributed by atoms with van der Waals surface area (Å²) in [4.78, 5) is 24.2. The summed E-state index contributed by atoms with van der Waals surface area (Å²) < 4.78 is 10.7. The molecule has 0 aliphatic rings. The van der Waals surface area contributed by atoms with Crippen molar-refractivity contribution in [2.45, 2.75) is 45.8 Å². The third-order valence-corrected chi connectivity index (χ3v) is 3.41. The lowest BCUT2D eigenvalue weighted by atomic mass is 10.2. The molecule has 1 rings (SSSR count). The molecule has 5 nitrogen and oxygen atoms in total. The maximum Gasteiger partial charge on any atom is 0.341 e. The third kappa shape index (κ3) is 5.99. The molecule has 1 atom stereocenters. The fraction of sp³-hybridized carbons (Fsp3) is 0.500. The van der Waals surface area contributed by atoms with Crippen LogP contribution in [-0.2, 0) is 14.3 Å². The number of anilines is 1. The summed E-state index contributed by atoms with van der Waals surface area (Å²) in [6.07, 6.45) is 1.80. The lowest BCUT2D eigenvalue weighted by Crippen LogP contribution is -2.29. The van der Waals surface area contributed by atoms with Crippen LogP contribution in [0.25, 0.3) is 0 Å². The molecule has 0 aliphatic carbocycles. The molecule has 122 valence electrons. The summed E-state index contributed by atoms with van der Waals surface area (Å²) in [5.41, 5.74) is -0.229. The van der Waals surface area contributed by atoms with Crippen molar-refractivity contribution >= 4 is 28.2 Å². The van der Waals surface area contributed by atoms with Gasteiger partial charge in [-0.25, -0.2) is 4.79 Å². The van der Waals surface area contributed by atoms with Gasteiger partial charge in [0, 0.05) is 0 Å². The Hall–Kier alpha value is -1.66. The van der Waals surface area contributed by atoms with Crippen molar-refractivity contribution in [2.75, 3.05) is 11.9 Å². The Kier molecular flexibility index (Phi) is 6.77. The standard InChI is InChI=1S/C16H23NO4S/c1-6-7-9-20-11(2)13(18)17-14-12(8-10-22-14)15(19)21-16(3,4)5/h6,8,10-11H,1,7,9H2,2-5H3,(H,17,18)/t11-/m1/s1. The highest BCUT2D eigenvalue weighted by Crippen LogP contribution is 2.26. The summed E-state index contributed by atoms with van der Waals surface area (Å²) in [6.45, 7) is 11.1. The normalized spacial score (nSPS) is 12.5. The van der Waals surface area contributed by atoms with Gasteiger partial charge in [0.15, 0.2) is 0 Å². The van der Waals surface area contributed by atoms with Crippen molar-refractivity contribution in [3.63, 3.8) is 0 Å². The molecule has 1 heterocycles.